The molecule has 94 valence electrons. The van der Waals surface area contributed by atoms with Crippen LogP contribution in [-0.2, 0) is 11.2 Å². The molecule has 0 unspecified atom stereocenters. The van der Waals surface area contributed by atoms with Crippen LogP contribution in [0.25, 0.3) is 0 Å². The number of piperidine rings is 1. The van der Waals surface area contributed by atoms with E-state index in [9.17, 15) is 4.79 Å². The van der Waals surface area contributed by atoms with E-state index in [-0.39, 0.29) is 0 Å². The van der Waals surface area contributed by atoms with Crippen molar-refractivity contribution in [1.29, 1.82) is 0 Å². The highest BCUT2D eigenvalue weighted by Gasteiger charge is 2.22. The van der Waals surface area contributed by atoms with Crippen LogP contribution in [0.5, 0.6) is 0 Å². The van der Waals surface area contributed by atoms with E-state index in [1.165, 1.54) is 24.1 Å². The van der Waals surface area contributed by atoms with Crippen molar-refractivity contribution >= 4 is 17.2 Å². The topological polar surface area (TPSA) is 20.3 Å². The van der Waals surface area contributed by atoms with Gasteiger partial charge in [-0.25, -0.2) is 0 Å². The lowest BCUT2D eigenvalue weighted by molar-refractivity contribution is -0.132. The highest BCUT2D eigenvalue weighted by Crippen LogP contribution is 2.24. The molecule has 1 aromatic rings. The van der Waals surface area contributed by atoms with Crippen molar-refractivity contribution in [2.45, 2.75) is 39.0 Å². The number of thiophene rings is 1. The standard InChI is InChI=1S/C14H21NOS/c1-2-4-14(16)15-8-6-12(7-9-15)11-13-5-3-10-17-13/h3,5,10,12H,2,4,6-9,11H2,1H3. The number of carbonyl (C=O) groups is 1. The number of likely N-dealkylation sites (tertiary alicyclic amines) is 1. The van der Waals surface area contributed by atoms with E-state index in [2.05, 4.69) is 29.3 Å². The Kier molecular flexibility index (Phi) is 4.60. The van der Waals surface area contributed by atoms with Gasteiger partial charge in [-0.2, -0.15) is 0 Å². The Labute approximate surface area is 108 Å². The van der Waals surface area contributed by atoms with E-state index in [1.54, 1.807) is 0 Å². The lowest BCUT2D eigenvalue weighted by Crippen LogP contribution is -2.38. The molecule has 1 aliphatic rings. The third-order valence-electron chi connectivity index (χ3n) is 3.50. The minimum absolute atomic E-state index is 0.349. The van der Waals surface area contributed by atoms with Gasteiger partial charge in [0.15, 0.2) is 0 Å². The molecule has 0 bridgehead atoms. The van der Waals surface area contributed by atoms with Crippen LogP contribution in [0.3, 0.4) is 0 Å². The first-order chi connectivity index (χ1) is 8.29. The van der Waals surface area contributed by atoms with Crippen LogP contribution in [-0.4, -0.2) is 23.9 Å². The van der Waals surface area contributed by atoms with Crippen molar-refractivity contribution in [1.82, 2.24) is 4.90 Å². The third-order valence-corrected chi connectivity index (χ3v) is 4.40. The molecule has 0 aromatic carbocycles. The quantitative estimate of drug-likeness (QED) is 0.804. The Morgan fingerprint density at radius 1 is 1.47 bits per heavy atom. The summed E-state index contributed by atoms with van der Waals surface area (Å²) in [6.07, 6.45) is 5.23. The van der Waals surface area contributed by atoms with Crippen LogP contribution in [0, 0.1) is 5.92 Å². The molecular formula is C14H21NOS. The number of rotatable bonds is 4. The molecular weight excluding hydrogens is 230 g/mol. The normalized spacial score (nSPS) is 17.4. The zero-order valence-electron chi connectivity index (χ0n) is 10.5. The number of hydrogen-bond donors (Lipinski definition) is 0. The van der Waals surface area contributed by atoms with Gasteiger partial charge >= 0.3 is 0 Å². The monoisotopic (exact) mass is 251 g/mol. The fourth-order valence-electron chi connectivity index (χ4n) is 2.47. The SMILES string of the molecule is CCCC(=O)N1CCC(Cc2cccs2)CC1. The molecule has 0 atom stereocenters. The Balaban J connectivity index is 1.76. The Bertz CT molecular complexity index is 339. The largest absolute Gasteiger partial charge is 0.343 e. The van der Waals surface area contributed by atoms with Crippen LogP contribution >= 0.6 is 11.3 Å². The highest BCUT2D eigenvalue weighted by atomic mass is 32.1. The summed E-state index contributed by atoms with van der Waals surface area (Å²) < 4.78 is 0. The summed E-state index contributed by atoms with van der Waals surface area (Å²) in [6.45, 7) is 4.01. The molecule has 2 rings (SSSR count). The van der Waals surface area contributed by atoms with Crippen LogP contribution in [0.15, 0.2) is 17.5 Å². The minimum Gasteiger partial charge on any atom is -0.343 e. The zero-order valence-corrected chi connectivity index (χ0v) is 11.3. The van der Waals surface area contributed by atoms with E-state index >= 15 is 0 Å². The van der Waals surface area contributed by atoms with Gasteiger partial charge in [0.2, 0.25) is 5.91 Å². The second-order valence-corrected chi connectivity index (χ2v) is 5.89. The summed E-state index contributed by atoms with van der Waals surface area (Å²) in [4.78, 5) is 15.3. The van der Waals surface area contributed by atoms with Crippen LogP contribution in [0.4, 0.5) is 0 Å². The van der Waals surface area contributed by atoms with Gasteiger partial charge in [-0.3, -0.25) is 4.79 Å². The van der Waals surface area contributed by atoms with Gasteiger partial charge in [0.05, 0.1) is 0 Å². The Morgan fingerprint density at radius 2 is 2.24 bits per heavy atom. The van der Waals surface area contributed by atoms with Crippen molar-refractivity contribution in [3.05, 3.63) is 22.4 Å². The van der Waals surface area contributed by atoms with Crippen molar-refractivity contribution in [2.75, 3.05) is 13.1 Å². The maximum atomic E-state index is 11.7. The molecule has 1 amide bonds. The van der Waals surface area contributed by atoms with E-state index in [0.29, 0.717) is 5.91 Å². The smallest absolute Gasteiger partial charge is 0.222 e. The number of amides is 1. The third kappa shape index (κ3) is 3.56. The lowest BCUT2D eigenvalue weighted by Gasteiger charge is -2.32. The molecule has 17 heavy (non-hydrogen) atoms. The van der Waals surface area contributed by atoms with Gasteiger partial charge in [0, 0.05) is 24.4 Å². The minimum atomic E-state index is 0.349. The summed E-state index contributed by atoms with van der Waals surface area (Å²) in [5.41, 5.74) is 0. The average Bonchev–Trinajstić information content (AvgIpc) is 2.83. The summed E-state index contributed by atoms with van der Waals surface area (Å²) in [5.74, 6) is 1.13. The summed E-state index contributed by atoms with van der Waals surface area (Å²) >= 11 is 1.85. The van der Waals surface area contributed by atoms with Gasteiger partial charge in [-0.1, -0.05) is 13.0 Å². The molecule has 0 N–H and O–H groups in total. The summed E-state index contributed by atoms with van der Waals surface area (Å²) in [6, 6.07) is 4.35. The summed E-state index contributed by atoms with van der Waals surface area (Å²) in [7, 11) is 0. The molecule has 0 aliphatic carbocycles. The first-order valence-electron chi connectivity index (χ1n) is 6.59. The molecule has 1 saturated heterocycles. The van der Waals surface area contributed by atoms with Gasteiger partial charge < -0.3 is 4.90 Å². The molecule has 1 fully saturated rings. The number of hydrogen-bond acceptors (Lipinski definition) is 2. The number of carbonyl (C=O) groups excluding carboxylic acids is 1. The zero-order chi connectivity index (χ0) is 12.1. The van der Waals surface area contributed by atoms with E-state index in [4.69, 9.17) is 0 Å². The fourth-order valence-corrected chi connectivity index (χ4v) is 3.29. The summed E-state index contributed by atoms with van der Waals surface area (Å²) in [5, 5.41) is 2.15. The molecule has 0 spiro atoms. The van der Waals surface area contributed by atoms with Crippen molar-refractivity contribution < 1.29 is 4.79 Å². The van der Waals surface area contributed by atoms with Crippen molar-refractivity contribution in [3.8, 4) is 0 Å². The van der Waals surface area contributed by atoms with Gasteiger partial charge in [0.1, 0.15) is 0 Å². The second kappa shape index (κ2) is 6.20. The van der Waals surface area contributed by atoms with Gasteiger partial charge in [-0.05, 0) is 43.0 Å². The molecule has 0 saturated carbocycles. The fraction of sp³-hybridized carbons (Fsp3) is 0.643. The Hall–Kier alpha value is -0.830. The molecule has 1 aromatic heterocycles. The van der Waals surface area contributed by atoms with E-state index in [1.807, 2.05) is 11.3 Å². The molecule has 1 aliphatic heterocycles. The Morgan fingerprint density at radius 3 is 2.82 bits per heavy atom. The lowest BCUT2D eigenvalue weighted by atomic mass is 9.93. The number of nitrogens with zero attached hydrogens (tertiary/aromatic N) is 1. The molecule has 3 heteroatoms. The maximum Gasteiger partial charge on any atom is 0.222 e. The highest BCUT2D eigenvalue weighted by molar-refractivity contribution is 7.09. The average molecular weight is 251 g/mol. The second-order valence-electron chi connectivity index (χ2n) is 4.86. The van der Waals surface area contributed by atoms with Crippen LogP contribution < -0.4 is 0 Å². The van der Waals surface area contributed by atoms with E-state index in [0.717, 1.165) is 31.8 Å². The molecule has 0 radical (unpaired) electrons. The van der Waals surface area contributed by atoms with Crippen molar-refractivity contribution in [3.63, 3.8) is 0 Å². The molecule has 2 nitrogen and oxygen atoms in total. The molecule has 2 heterocycles. The van der Waals surface area contributed by atoms with Gasteiger partial charge in [0.25, 0.3) is 0 Å². The predicted molar refractivity (Wildman–Crippen MR) is 72.2 cm³/mol. The van der Waals surface area contributed by atoms with E-state index < -0.39 is 0 Å². The van der Waals surface area contributed by atoms with Crippen LogP contribution in [0.2, 0.25) is 0 Å². The van der Waals surface area contributed by atoms with Gasteiger partial charge in [-0.15, -0.1) is 11.3 Å². The van der Waals surface area contributed by atoms with Crippen LogP contribution in [0.1, 0.15) is 37.5 Å². The predicted octanol–water partition coefficient (Wildman–Crippen LogP) is 3.33. The van der Waals surface area contributed by atoms with Crippen molar-refractivity contribution in [2.24, 2.45) is 5.92 Å². The maximum absolute atomic E-state index is 11.7. The first-order valence-corrected chi connectivity index (χ1v) is 7.47. The first kappa shape index (κ1) is 12.6.